The molecule has 2 rings (SSSR count). The molecule has 0 fully saturated rings. The molecule has 0 spiro atoms. The van der Waals surface area contributed by atoms with Crippen molar-refractivity contribution in [3.63, 3.8) is 0 Å². The van der Waals surface area contributed by atoms with E-state index < -0.39 is 0 Å². The van der Waals surface area contributed by atoms with Gasteiger partial charge in [0.2, 0.25) is 16.5 Å². The van der Waals surface area contributed by atoms with E-state index in [9.17, 15) is 4.79 Å². The van der Waals surface area contributed by atoms with Crippen LogP contribution in [-0.2, 0) is 11.3 Å². The largest absolute Gasteiger partial charge is 0.497 e. The fraction of sp³-hybridized carbons (Fsp3) is 0.250. The molecule has 0 aliphatic rings. The second-order valence-electron chi connectivity index (χ2n) is 3.96. The Morgan fingerprint density at radius 1 is 1.24 bits per heavy atom. The number of benzene rings is 1. The Kier molecular flexibility index (Phi) is 4.87. The second-order valence-corrected chi connectivity index (χ2v) is 4.63. The van der Waals surface area contributed by atoms with Gasteiger partial charge in [0.05, 0.1) is 14.2 Å². The molecule has 7 nitrogen and oxygen atoms in total. The lowest BCUT2D eigenvalue weighted by atomic mass is 10.2. The monoisotopic (exact) mass is 330 g/mol. The van der Waals surface area contributed by atoms with E-state index in [-0.39, 0.29) is 23.0 Å². The molecule has 1 amide bonds. The van der Waals surface area contributed by atoms with Gasteiger partial charge in [0.1, 0.15) is 18.0 Å². The van der Waals surface area contributed by atoms with E-state index in [1.54, 1.807) is 18.2 Å². The van der Waals surface area contributed by atoms with Crippen LogP contribution >= 0.6 is 23.2 Å². The summed E-state index contributed by atoms with van der Waals surface area (Å²) < 4.78 is 11.4. The van der Waals surface area contributed by atoms with Gasteiger partial charge in [-0.1, -0.05) is 0 Å². The smallest absolute Gasteiger partial charge is 0.246 e. The van der Waals surface area contributed by atoms with Gasteiger partial charge in [0.25, 0.3) is 0 Å². The number of amides is 1. The van der Waals surface area contributed by atoms with Crippen LogP contribution in [0.15, 0.2) is 18.2 Å². The van der Waals surface area contributed by atoms with Crippen molar-refractivity contribution in [3.05, 3.63) is 28.8 Å². The fourth-order valence-electron chi connectivity index (χ4n) is 1.61. The maximum absolute atomic E-state index is 12.0. The molecule has 0 unspecified atom stereocenters. The molecule has 2 aromatic rings. The number of nitrogens with one attached hydrogen (secondary N) is 1. The number of ether oxygens (including phenoxy) is 2. The Labute approximate surface area is 130 Å². The summed E-state index contributed by atoms with van der Waals surface area (Å²) >= 11 is 11.4. The number of halogens is 2. The van der Waals surface area contributed by atoms with Gasteiger partial charge >= 0.3 is 0 Å². The first-order valence-corrected chi connectivity index (χ1v) is 6.56. The summed E-state index contributed by atoms with van der Waals surface area (Å²) in [5.74, 6) is 0.784. The van der Waals surface area contributed by atoms with Gasteiger partial charge in [-0.25, -0.2) is 4.68 Å². The van der Waals surface area contributed by atoms with Gasteiger partial charge in [-0.05, 0) is 23.2 Å². The topological polar surface area (TPSA) is 78.3 Å². The van der Waals surface area contributed by atoms with E-state index in [1.807, 2.05) is 0 Å². The van der Waals surface area contributed by atoms with Crippen molar-refractivity contribution in [3.8, 4) is 11.5 Å². The lowest BCUT2D eigenvalue weighted by molar-refractivity contribution is -0.116. The van der Waals surface area contributed by atoms with E-state index in [2.05, 4.69) is 15.4 Å². The van der Waals surface area contributed by atoms with Gasteiger partial charge in [-0.3, -0.25) is 4.79 Å². The Bertz CT molecular complexity index is 638. The molecule has 1 aromatic carbocycles. The number of hydrogen-bond donors (Lipinski definition) is 1. The van der Waals surface area contributed by atoms with Crippen molar-refractivity contribution in [2.45, 2.75) is 6.54 Å². The fourth-order valence-corrected chi connectivity index (χ4v) is 2.01. The van der Waals surface area contributed by atoms with E-state index >= 15 is 0 Å². The number of anilines is 1. The quantitative estimate of drug-likeness (QED) is 0.909. The number of methoxy groups -OCH3 is 2. The summed E-state index contributed by atoms with van der Waals surface area (Å²) in [6.07, 6.45) is 0. The number of aromatic nitrogens is 3. The summed E-state index contributed by atoms with van der Waals surface area (Å²) in [4.78, 5) is 15.6. The van der Waals surface area contributed by atoms with Gasteiger partial charge < -0.3 is 14.8 Å². The molecule has 112 valence electrons. The van der Waals surface area contributed by atoms with Crippen molar-refractivity contribution < 1.29 is 14.3 Å². The van der Waals surface area contributed by atoms with Crippen LogP contribution < -0.4 is 14.8 Å². The van der Waals surface area contributed by atoms with Crippen LogP contribution in [-0.4, -0.2) is 34.9 Å². The van der Waals surface area contributed by atoms with Crippen LogP contribution in [0.4, 0.5) is 5.69 Å². The minimum atomic E-state index is -0.339. The van der Waals surface area contributed by atoms with E-state index in [4.69, 9.17) is 32.7 Å². The Hall–Kier alpha value is -1.99. The molecule has 0 radical (unpaired) electrons. The maximum atomic E-state index is 12.0. The van der Waals surface area contributed by atoms with Crippen molar-refractivity contribution in [1.82, 2.24) is 14.8 Å². The van der Waals surface area contributed by atoms with Crippen molar-refractivity contribution in [1.29, 1.82) is 0 Å². The highest BCUT2D eigenvalue weighted by atomic mass is 35.5. The predicted molar refractivity (Wildman–Crippen MR) is 78.2 cm³/mol. The maximum Gasteiger partial charge on any atom is 0.246 e. The minimum absolute atomic E-state index is 0.0177. The van der Waals surface area contributed by atoms with Gasteiger partial charge in [-0.15, -0.1) is 5.10 Å². The van der Waals surface area contributed by atoms with E-state index in [0.29, 0.717) is 17.2 Å². The van der Waals surface area contributed by atoms with E-state index in [0.717, 1.165) is 0 Å². The molecule has 1 aromatic heterocycles. The summed E-state index contributed by atoms with van der Waals surface area (Å²) in [5, 5.41) is 6.50. The van der Waals surface area contributed by atoms with Crippen LogP contribution in [0.2, 0.25) is 10.6 Å². The van der Waals surface area contributed by atoms with Gasteiger partial charge in [-0.2, -0.15) is 4.98 Å². The molecule has 0 aliphatic carbocycles. The zero-order valence-electron chi connectivity index (χ0n) is 11.3. The van der Waals surface area contributed by atoms with Crippen LogP contribution in [0.25, 0.3) is 0 Å². The predicted octanol–water partition coefficient (Wildman–Crippen LogP) is 2.24. The Morgan fingerprint density at radius 2 is 1.86 bits per heavy atom. The third kappa shape index (κ3) is 3.99. The standard InChI is InChI=1S/C12H12Cl2N4O3/c1-20-8-3-7(4-9(5-8)21-2)15-10(19)6-18-12(14)16-11(13)17-18/h3-5H,6H2,1-2H3,(H,15,19). The Balaban J connectivity index is 2.10. The lowest BCUT2D eigenvalue weighted by Crippen LogP contribution is -2.19. The molecule has 0 aliphatic heterocycles. The summed E-state index contributed by atoms with van der Waals surface area (Å²) in [6.45, 7) is -0.113. The van der Waals surface area contributed by atoms with Crippen LogP contribution in [0.1, 0.15) is 0 Å². The van der Waals surface area contributed by atoms with Crippen LogP contribution in [0.5, 0.6) is 11.5 Å². The molecule has 1 N–H and O–H groups in total. The highest BCUT2D eigenvalue weighted by Gasteiger charge is 2.11. The molecular weight excluding hydrogens is 319 g/mol. The Morgan fingerprint density at radius 3 is 2.33 bits per heavy atom. The first-order valence-electron chi connectivity index (χ1n) is 5.80. The normalized spacial score (nSPS) is 10.3. The average Bonchev–Trinajstić information content (AvgIpc) is 2.76. The number of rotatable bonds is 5. The van der Waals surface area contributed by atoms with Crippen molar-refractivity contribution in [2.75, 3.05) is 19.5 Å². The molecule has 1 heterocycles. The molecule has 0 saturated carbocycles. The van der Waals surface area contributed by atoms with Crippen molar-refractivity contribution in [2.24, 2.45) is 0 Å². The molecule has 0 bridgehead atoms. The number of carbonyl (C=O) groups excluding carboxylic acids is 1. The van der Waals surface area contributed by atoms with Crippen molar-refractivity contribution >= 4 is 34.8 Å². The molecule has 0 saturated heterocycles. The van der Waals surface area contributed by atoms with Crippen LogP contribution in [0, 0.1) is 0 Å². The number of carbonyl (C=O) groups is 1. The highest BCUT2D eigenvalue weighted by molar-refractivity contribution is 6.31. The summed E-state index contributed by atoms with van der Waals surface area (Å²) in [5.41, 5.74) is 0.526. The summed E-state index contributed by atoms with van der Waals surface area (Å²) in [6, 6.07) is 5.02. The molecule has 9 heteroatoms. The summed E-state index contributed by atoms with van der Waals surface area (Å²) in [7, 11) is 3.05. The average molecular weight is 331 g/mol. The highest BCUT2D eigenvalue weighted by Crippen LogP contribution is 2.25. The number of hydrogen-bond acceptors (Lipinski definition) is 5. The third-order valence-electron chi connectivity index (χ3n) is 2.53. The zero-order chi connectivity index (χ0) is 15.4. The zero-order valence-corrected chi connectivity index (χ0v) is 12.8. The third-order valence-corrected chi connectivity index (χ3v) is 2.97. The number of nitrogens with zero attached hydrogens (tertiary/aromatic N) is 3. The van der Waals surface area contributed by atoms with E-state index in [1.165, 1.54) is 18.9 Å². The minimum Gasteiger partial charge on any atom is -0.497 e. The van der Waals surface area contributed by atoms with Gasteiger partial charge in [0, 0.05) is 23.9 Å². The molecule has 0 atom stereocenters. The van der Waals surface area contributed by atoms with Crippen LogP contribution in [0.3, 0.4) is 0 Å². The second kappa shape index (κ2) is 6.64. The lowest BCUT2D eigenvalue weighted by Gasteiger charge is -2.10. The molecule has 21 heavy (non-hydrogen) atoms. The molecular formula is C12H12Cl2N4O3. The first kappa shape index (κ1) is 15.4. The van der Waals surface area contributed by atoms with Gasteiger partial charge in [0.15, 0.2) is 0 Å². The first-order chi connectivity index (χ1) is 10.0. The SMILES string of the molecule is COc1cc(NC(=O)Cn2nc(Cl)nc2Cl)cc(OC)c1.